The first-order valence-corrected chi connectivity index (χ1v) is 11.6. The van der Waals surface area contributed by atoms with E-state index in [0.717, 1.165) is 5.56 Å². The van der Waals surface area contributed by atoms with E-state index in [1.807, 2.05) is 0 Å². The number of nitrogens with one attached hydrogen (secondary N) is 3. The molecule has 1 aliphatic heterocycles. The van der Waals surface area contributed by atoms with Crippen molar-refractivity contribution in [2.45, 2.75) is 19.9 Å². The molecule has 0 bridgehead atoms. The number of allylic oxidation sites excluding steroid dienone is 1. The van der Waals surface area contributed by atoms with Crippen molar-refractivity contribution in [3.63, 3.8) is 0 Å². The third kappa shape index (κ3) is 7.27. The van der Waals surface area contributed by atoms with Gasteiger partial charge < -0.3 is 29.6 Å². The second-order valence-electron chi connectivity index (χ2n) is 7.84. The Kier molecular flexibility index (Phi) is 9.71. The summed E-state index contributed by atoms with van der Waals surface area (Å²) in [7, 11) is 1.44. The molecule has 1 aliphatic rings. The summed E-state index contributed by atoms with van der Waals surface area (Å²) in [5.74, 6) is 2.57. The average Bonchev–Trinajstić information content (AvgIpc) is 2.91. The molecule has 2 aromatic rings. The van der Waals surface area contributed by atoms with Gasteiger partial charge in [-0.15, -0.1) is 6.42 Å². The molecule has 11 heteroatoms. The van der Waals surface area contributed by atoms with E-state index < -0.39 is 23.9 Å². The smallest absolute Gasteiger partial charge is 0.338 e. The molecule has 0 aliphatic carbocycles. The van der Waals surface area contributed by atoms with E-state index in [2.05, 4.69) is 27.1 Å². The van der Waals surface area contributed by atoms with Crippen molar-refractivity contribution in [2.24, 2.45) is 5.10 Å². The number of benzene rings is 2. The molecule has 11 nitrogen and oxygen atoms in total. The number of nitrogens with zero attached hydrogens (tertiary/aromatic N) is 1. The molecule has 3 amide bonds. The summed E-state index contributed by atoms with van der Waals surface area (Å²) in [6.45, 7) is 3.36. The summed E-state index contributed by atoms with van der Waals surface area (Å²) in [4.78, 5) is 36.8. The summed E-state index contributed by atoms with van der Waals surface area (Å²) in [5.41, 5.74) is 4.36. The van der Waals surface area contributed by atoms with Crippen molar-refractivity contribution in [2.75, 3.05) is 26.9 Å². The zero-order valence-corrected chi connectivity index (χ0v) is 21.2. The van der Waals surface area contributed by atoms with Gasteiger partial charge in [-0.2, -0.15) is 5.10 Å². The molecule has 2 aromatic carbocycles. The fourth-order valence-electron chi connectivity index (χ4n) is 3.54. The average molecular weight is 521 g/mol. The van der Waals surface area contributed by atoms with Crippen LogP contribution in [0.4, 0.5) is 4.79 Å². The van der Waals surface area contributed by atoms with Crippen molar-refractivity contribution in [3.8, 4) is 29.6 Å². The minimum absolute atomic E-state index is 0.178. The van der Waals surface area contributed by atoms with E-state index in [1.165, 1.54) is 13.3 Å². The van der Waals surface area contributed by atoms with Gasteiger partial charge >= 0.3 is 12.0 Å². The summed E-state index contributed by atoms with van der Waals surface area (Å²) < 4.78 is 21.5. The van der Waals surface area contributed by atoms with Gasteiger partial charge in [0, 0.05) is 5.70 Å². The van der Waals surface area contributed by atoms with Crippen LogP contribution in [0.1, 0.15) is 31.0 Å². The summed E-state index contributed by atoms with van der Waals surface area (Å²) >= 11 is 0. The standard InChI is InChI=1S/C27H28N4O7/c1-5-13-37-20-10-7-18(8-11-20)15-28-31-23(32)16-38-21-12-9-19(14-22(21)35-4)25-24(26(33)36-6-2)17(3)29-27(34)30-25/h1,7-12,14-15,25H,6,13,16H2,2-4H3,(H,31,32)(H2,29,30,34)/b28-15-/t25-/m0/s1. The van der Waals surface area contributed by atoms with E-state index in [-0.39, 0.29) is 31.1 Å². The van der Waals surface area contributed by atoms with Gasteiger partial charge in [0.05, 0.1) is 31.5 Å². The lowest BCUT2D eigenvalue weighted by Gasteiger charge is -2.28. The van der Waals surface area contributed by atoms with Crippen molar-refractivity contribution < 1.29 is 33.3 Å². The number of carbonyl (C=O) groups excluding carboxylic acids is 3. The number of urea groups is 1. The molecule has 0 aromatic heterocycles. The van der Waals surface area contributed by atoms with Crippen molar-refractivity contribution >= 4 is 24.1 Å². The van der Waals surface area contributed by atoms with Gasteiger partial charge in [-0.1, -0.05) is 12.0 Å². The van der Waals surface area contributed by atoms with Crippen LogP contribution in [0.5, 0.6) is 17.2 Å². The molecule has 1 atom stereocenters. The Morgan fingerprint density at radius 3 is 2.61 bits per heavy atom. The molecule has 0 saturated heterocycles. The number of terminal acetylenes is 1. The highest BCUT2D eigenvalue weighted by Gasteiger charge is 2.32. The zero-order valence-electron chi connectivity index (χ0n) is 21.2. The number of carbonyl (C=O) groups is 3. The molecule has 0 radical (unpaired) electrons. The topological polar surface area (TPSA) is 137 Å². The largest absolute Gasteiger partial charge is 0.493 e. The van der Waals surface area contributed by atoms with E-state index in [9.17, 15) is 14.4 Å². The summed E-state index contributed by atoms with van der Waals surface area (Å²) in [6.07, 6.45) is 6.64. The zero-order chi connectivity index (χ0) is 27.5. The Morgan fingerprint density at radius 2 is 1.92 bits per heavy atom. The fourth-order valence-corrected chi connectivity index (χ4v) is 3.54. The Bertz CT molecular complexity index is 1280. The number of hydrogen-bond donors (Lipinski definition) is 3. The second-order valence-corrected chi connectivity index (χ2v) is 7.84. The highest BCUT2D eigenvalue weighted by atomic mass is 16.5. The van der Waals surface area contributed by atoms with E-state index >= 15 is 0 Å². The van der Waals surface area contributed by atoms with Crippen molar-refractivity contribution in [3.05, 3.63) is 64.9 Å². The maximum absolute atomic E-state index is 12.5. The van der Waals surface area contributed by atoms with Gasteiger partial charge in [0.1, 0.15) is 12.4 Å². The van der Waals surface area contributed by atoms with Crippen LogP contribution >= 0.6 is 0 Å². The van der Waals surface area contributed by atoms with E-state index in [1.54, 1.807) is 56.3 Å². The number of hydrazone groups is 1. The number of esters is 1. The molecule has 0 fully saturated rings. The van der Waals surface area contributed by atoms with Crippen LogP contribution < -0.4 is 30.3 Å². The lowest BCUT2D eigenvalue weighted by atomic mass is 9.95. The summed E-state index contributed by atoms with van der Waals surface area (Å²) in [5, 5.41) is 9.22. The summed E-state index contributed by atoms with van der Waals surface area (Å²) in [6, 6.07) is 10.6. The molecule has 1 heterocycles. The fraction of sp³-hybridized carbons (Fsp3) is 0.259. The predicted octanol–water partition coefficient (Wildman–Crippen LogP) is 2.43. The van der Waals surface area contributed by atoms with Gasteiger partial charge in [-0.25, -0.2) is 15.0 Å². The molecule has 38 heavy (non-hydrogen) atoms. The number of amides is 3. The van der Waals surface area contributed by atoms with Crippen LogP contribution in [0.3, 0.4) is 0 Å². The maximum Gasteiger partial charge on any atom is 0.338 e. The van der Waals surface area contributed by atoms with Crippen molar-refractivity contribution in [1.82, 2.24) is 16.1 Å². The molecule has 0 saturated carbocycles. The molecule has 3 N–H and O–H groups in total. The van der Waals surface area contributed by atoms with Crippen LogP contribution in [-0.2, 0) is 14.3 Å². The van der Waals surface area contributed by atoms with Gasteiger partial charge in [0.25, 0.3) is 5.91 Å². The van der Waals surface area contributed by atoms with E-state index in [4.69, 9.17) is 25.4 Å². The Morgan fingerprint density at radius 1 is 1.16 bits per heavy atom. The van der Waals surface area contributed by atoms with E-state index in [0.29, 0.717) is 22.8 Å². The van der Waals surface area contributed by atoms with Crippen molar-refractivity contribution in [1.29, 1.82) is 0 Å². The Labute approximate surface area is 220 Å². The lowest BCUT2D eigenvalue weighted by Crippen LogP contribution is -2.45. The highest BCUT2D eigenvalue weighted by molar-refractivity contribution is 5.95. The first kappa shape index (κ1) is 27.6. The SMILES string of the molecule is C#CCOc1ccc(/C=N\NC(=O)COc2ccc([C@@H]3NC(=O)NC(C)=C3C(=O)OCC)cc2OC)cc1. The van der Waals surface area contributed by atoms with Crippen LogP contribution in [0, 0.1) is 12.3 Å². The first-order valence-electron chi connectivity index (χ1n) is 11.6. The van der Waals surface area contributed by atoms with Gasteiger partial charge in [-0.05, 0) is 61.4 Å². The molecular weight excluding hydrogens is 492 g/mol. The normalized spacial score (nSPS) is 14.7. The van der Waals surface area contributed by atoms with Crippen LogP contribution in [0.2, 0.25) is 0 Å². The third-order valence-corrected chi connectivity index (χ3v) is 5.25. The molecule has 3 rings (SSSR count). The molecular formula is C27H28N4O7. The first-order chi connectivity index (χ1) is 18.4. The number of methoxy groups -OCH3 is 1. The quantitative estimate of drug-likeness (QED) is 0.179. The molecule has 0 unspecified atom stereocenters. The predicted molar refractivity (Wildman–Crippen MR) is 139 cm³/mol. The molecule has 0 spiro atoms. The second kappa shape index (κ2) is 13.4. The van der Waals surface area contributed by atoms with Gasteiger partial charge in [0.2, 0.25) is 0 Å². The minimum Gasteiger partial charge on any atom is -0.493 e. The van der Waals surface area contributed by atoms with Gasteiger partial charge in [0.15, 0.2) is 18.1 Å². The number of rotatable bonds is 11. The third-order valence-electron chi connectivity index (χ3n) is 5.25. The molecule has 198 valence electrons. The van der Waals surface area contributed by atoms with Gasteiger partial charge in [-0.3, -0.25) is 4.79 Å². The maximum atomic E-state index is 12.5. The van der Waals surface area contributed by atoms with Crippen LogP contribution in [0.25, 0.3) is 0 Å². The monoisotopic (exact) mass is 520 g/mol. The highest BCUT2D eigenvalue weighted by Crippen LogP contribution is 2.34. The lowest BCUT2D eigenvalue weighted by molar-refractivity contribution is -0.139. The number of hydrogen-bond acceptors (Lipinski definition) is 8. The van der Waals surface area contributed by atoms with Crippen LogP contribution in [-0.4, -0.2) is 51.1 Å². The minimum atomic E-state index is -0.763. The number of ether oxygens (including phenoxy) is 4. The Hall–Kier alpha value is -4.98. The Balaban J connectivity index is 1.63. The van der Waals surface area contributed by atoms with Crippen LogP contribution in [0.15, 0.2) is 58.8 Å².